The highest BCUT2D eigenvalue weighted by Gasteiger charge is 2.12. The van der Waals surface area contributed by atoms with Crippen molar-refractivity contribution in [3.05, 3.63) is 42.0 Å². The molecule has 2 aromatic carbocycles. The van der Waals surface area contributed by atoms with Gasteiger partial charge >= 0.3 is 5.97 Å². The summed E-state index contributed by atoms with van der Waals surface area (Å²) in [5.41, 5.74) is -0.0388. The van der Waals surface area contributed by atoms with Crippen molar-refractivity contribution in [3.63, 3.8) is 0 Å². The van der Waals surface area contributed by atoms with Gasteiger partial charge in [-0.2, -0.15) is 0 Å². The maximum absolute atomic E-state index is 10.9. The molecule has 0 aliphatic carbocycles. The zero-order valence-corrected chi connectivity index (χ0v) is 8.49. The molecule has 0 atom stereocenters. The van der Waals surface area contributed by atoms with Gasteiger partial charge < -0.3 is 10.2 Å². The summed E-state index contributed by atoms with van der Waals surface area (Å²) < 4.78 is 0. The Hall–Kier alpha value is -1.74. The Labute approximate surface area is 92.4 Å². The average molecular weight is 225 g/mol. The molecular formula is C11H9ClO3. The Bertz CT molecular complexity index is 508. The molecule has 0 aliphatic rings. The zero-order chi connectivity index (χ0) is 10.1. The van der Waals surface area contributed by atoms with E-state index in [0.29, 0.717) is 5.39 Å². The number of halogens is 1. The Morgan fingerprint density at radius 2 is 1.73 bits per heavy atom. The SMILES string of the molecule is Cl.O=C(O)c1c(O)ccc2ccccc12. The third-order valence-electron chi connectivity index (χ3n) is 2.12. The number of benzene rings is 2. The van der Waals surface area contributed by atoms with Crippen molar-refractivity contribution in [1.82, 2.24) is 0 Å². The maximum atomic E-state index is 10.9. The van der Waals surface area contributed by atoms with Crippen LogP contribution in [0.3, 0.4) is 0 Å². The largest absolute Gasteiger partial charge is 0.507 e. The number of carboxylic acids is 1. The van der Waals surface area contributed by atoms with E-state index in [0.717, 1.165) is 5.39 Å². The standard InChI is InChI=1S/C11H8O3.ClH/c12-9-6-5-7-3-1-2-4-8(7)10(9)11(13)14;/h1-6,12H,(H,13,14);1H. The van der Waals surface area contributed by atoms with Gasteiger partial charge in [0.1, 0.15) is 11.3 Å². The number of phenols is 1. The minimum Gasteiger partial charge on any atom is -0.507 e. The minimum absolute atomic E-state index is 0. The van der Waals surface area contributed by atoms with Crippen molar-refractivity contribution in [2.24, 2.45) is 0 Å². The summed E-state index contributed by atoms with van der Waals surface area (Å²) in [6.07, 6.45) is 0. The predicted octanol–water partition coefficient (Wildman–Crippen LogP) is 2.67. The van der Waals surface area contributed by atoms with Crippen LogP contribution in [-0.2, 0) is 0 Å². The molecule has 2 rings (SSSR count). The summed E-state index contributed by atoms with van der Waals surface area (Å²) in [6.45, 7) is 0. The smallest absolute Gasteiger partial charge is 0.340 e. The highest BCUT2D eigenvalue weighted by atomic mass is 35.5. The molecule has 0 radical (unpaired) electrons. The molecule has 0 unspecified atom stereocenters. The number of aromatic hydroxyl groups is 1. The van der Waals surface area contributed by atoms with Crippen molar-refractivity contribution in [3.8, 4) is 5.75 Å². The monoisotopic (exact) mass is 224 g/mol. The number of carboxylic acid groups (broad SMARTS) is 1. The molecule has 2 aromatic rings. The average Bonchev–Trinajstić information content (AvgIpc) is 2.17. The van der Waals surface area contributed by atoms with E-state index in [1.165, 1.54) is 6.07 Å². The molecular weight excluding hydrogens is 216 g/mol. The molecule has 2 N–H and O–H groups in total. The van der Waals surface area contributed by atoms with Crippen LogP contribution >= 0.6 is 12.4 Å². The number of carbonyl (C=O) groups is 1. The summed E-state index contributed by atoms with van der Waals surface area (Å²) >= 11 is 0. The van der Waals surface area contributed by atoms with Gasteiger partial charge in [-0.3, -0.25) is 0 Å². The lowest BCUT2D eigenvalue weighted by molar-refractivity contribution is 0.0696. The third kappa shape index (κ3) is 1.87. The molecule has 4 heteroatoms. The van der Waals surface area contributed by atoms with Crippen LogP contribution < -0.4 is 0 Å². The highest BCUT2D eigenvalue weighted by Crippen LogP contribution is 2.26. The fraction of sp³-hybridized carbons (Fsp3) is 0. The Morgan fingerprint density at radius 1 is 1.07 bits per heavy atom. The number of aromatic carboxylic acids is 1. The lowest BCUT2D eigenvalue weighted by atomic mass is 10.0. The van der Waals surface area contributed by atoms with Crippen LogP contribution in [0, 0.1) is 0 Å². The van der Waals surface area contributed by atoms with Gasteiger partial charge in [-0.1, -0.05) is 30.3 Å². The van der Waals surface area contributed by atoms with Gasteiger partial charge in [-0.15, -0.1) is 12.4 Å². The zero-order valence-electron chi connectivity index (χ0n) is 7.68. The van der Waals surface area contributed by atoms with Crippen molar-refractivity contribution >= 4 is 29.1 Å². The number of hydrogen-bond donors (Lipinski definition) is 2. The summed E-state index contributed by atoms with van der Waals surface area (Å²) in [5.74, 6) is -1.31. The summed E-state index contributed by atoms with van der Waals surface area (Å²) in [4.78, 5) is 10.9. The number of rotatable bonds is 1. The number of fused-ring (bicyclic) bond motifs is 1. The van der Waals surface area contributed by atoms with E-state index in [1.54, 1.807) is 24.3 Å². The first-order valence-electron chi connectivity index (χ1n) is 4.14. The number of hydrogen-bond acceptors (Lipinski definition) is 2. The van der Waals surface area contributed by atoms with Crippen LogP contribution in [0.25, 0.3) is 10.8 Å². The van der Waals surface area contributed by atoms with Crippen LogP contribution in [0.4, 0.5) is 0 Å². The van der Waals surface area contributed by atoms with Gasteiger partial charge in [0.05, 0.1) is 0 Å². The van der Waals surface area contributed by atoms with Crippen LogP contribution in [0.15, 0.2) is 36.4 Å². The van der Waals surface area contributed by atoms with Crippen molar-refractivity contribution < 1.29 is 15.0 Å². The Balaban J connectivity index is 0.00000112. The lowest BCUT2D eigenvalue weighted by Crippen LogP contribution is -1.97. The minimum atomic E-state index is -1.11. The van der Waals surface area contributed by atoms with E-state index in [9.17, 15) is 9.90 Å². The van der Waals surface area contributed by atoms with Crippen molar-refractivity contribution in [2.75, 3.05) is 0 Å². The Kier molecular flexibility index (Phi) is 3.17. The second-order valence-corrected chi connectivity index (χ2v) is 2.99. The normalized spacial score (nSPS) is 9.60. The summed E-state index contributed by atoms with van der Waals surface area (Å²) in [6, 6.07) is 10.1. The second kappa shape index (κ2) is 4.19. The molecule has 0 saturated carbocycles. The van der Waals surface area contributed by atoms with E-state index >= 15 is 0 Å². The van der Waals surface area contributed by atoms with E-state index < -0.39 is 5.97 Å². The molecule has 15 heavy (non-hydrogen) atoms. The van der Waals surface area contributed by atoms with Gasteiger partial charge in [0.2, 0.25) is 0 Å². The van der Waals surface area contributed by atoms with Crippen LogP contribution in [-0.4, -0.2) is 16.2 Å². The van der Waals surface area contributed by atoms with Gasteiger partial charge in [-0.05, 0) is 16.8 Å². The third-order valence-corrected chi connectivity index (χ3v) is 2.12. The molecule has 0 heterocycles. The maximum Gasteiger partial charge on any atom is 0.340 e. The van der Waals surface area contributed by atoms with Crippen molar-refractivity contribution in [1.29, 1.82) is 0 Å². The van der Waals surface area contributed by atoms with Gasteiger partial charge in [0, 0.05) is 0 Å². The summed E-state index contributed by atoms with van der Waals surface area (Å²) in [5, 5.41) is 19.7. The van der Waals surface area contributed by atoms with Crippen molar-refractivity contribution in [2.45, 2.75) is 0 Å². The molecule has 3 nitrogen and oxygen atoms in total. The fourth-order valence-corrected chi connectivity index (χ4v) is 1.48. The molecule has 0 aromatic heterocycles. The van der Waals surface area contributed by atoms with Gasteiger partial charge in [0.25, 0.3) is 0 Å². The van der Waals surface area contributed by atoms with Crippen LogP contribution in [0.1, 0.15) is 10.4 Å². The Morgan fingerprint density at radius 3 is 2.40 bits per heavy atom. The highest BCUT2D eigenvalue weighted by molar-refractivity contribution is 6.06. The molecule has 78 valence electrons. The molecule has 0 bridgehead atoms. The molecule has 0 aliphatic heterocycles. The predicted molar refractivity (Wildman–Crippen MR) is 59.8 cm³/mol. The first-order chi connectivity index (χ1) is 6.70. The second-order valence-electron chi connectivity index (χ2n) is 2.99. The lowest BCUT2D eigenvalue weighted by Gasteiger charge is -2.03. The van der Waals surface area contributed by atoms with Gasteiger partial charge in [-0.25, -0.2) is 4.79 Å². The van der Waals surface area contributed by atoms with Crippen LogP contribution in [0.2, 0.25) is 0 Å². The van der Waals surface area contributed by atoms with E-state index in [4.69, 9.17) is 5.11 Å². The fourth-order valence-electron chi connectivity index (χ4n) is 1.48. The van der Waals surface area contributed by atoms with E-state index in [-0.39, 0.29) is 23.7 Å². The molecule has 0 amide bonds. The topological polar surface area (TPSA) is 57.5 Å². The quantitative estimate of drug-likeness (QED) is 0.783. The first kappa shape index (κ1) is 11.3. The van der Waals surface area contributed by atoms with E-state index in [1.807, 2.05) is 6.07 Å². The first-order valence-corrected chi connectivity index (χ1v) is 4.14. The van der Waals surface area contributed by atoms with Crippen LogP contribution in [0.5, 0.6) is 5.75 Å². The summed E-state index contributed by atoms with van der Waals surface area (Å²) in [7, 11) is 0. The molecule has 0 fully saturated rings. The van der Waals surface area contributed by atoms with Gasteiger partial charge in [0.15, 0.2) is 0 Å². The van der Waals surface area contributed by atoms with E-state index in [2.05, 4.69) is 0 Å². The molecule has 0 saturated heterocycles. The molecule has 0 spiro atoms.